The van der Waals surface area contributed by atoms with Gasteiger partial charge in [-0.3, -0.25) is 4.79 Å². The fourth-order valence-corrected chi connectivity index (χ4v) is 3.57. The van der Waals surface area contributed by atoms with E-state index in [9.17, 15) is 4.79 Å². The molecule has 2 aromatic rings. The zero-order chi connectivity index (χ0) is 15.2. The average Bonchev–Trinajstić information content (AvgIpc) is 2.90. The number of amides is 1. The Labute approximate surface area is 132 Å². The van der Waals surface area contributed by atoms with Crippen molar-refractivity contribution in [2.24, 2.45) is 0 Å². The minimum absolute atomic E-state index is 0.00319. The number of hydrogen-bond acceptors (Lipinski definition) is 6. The fourth-order valence-electron chi connectivity index (χ4n) is 1.77. The summed E-state index contributed by atoms with van der Waals surface area (Å²) in [5.74, 6) is 0.279. The minimum Gasteiger partial charge on any atom is -0.374 e. The van der Waals surface area contributed by atoms with Crippen LogP contribution in [-0.2, 0) is 4.79 Å². The monoisotopic (exact) mass is 322 g/mol. The standard InChI is InChI=1S/C14H18N4OS2/c1-9(11-6-4-3-5-7-11)8-16-12(19)10(2)20-14-18-17-13(15)21-14/h3-7,9-10H,8H2,1-2H3,(H2,15,17)(H,16,19)/t9-,10-/m0/s1. The molecule has 0 aliphatic rings. The van der Waals surface area contributed by atoms with Crippen molar-refractivity contribution < 1.29 is 4.79 Å². The van der Waals surface area contributed by atoms with Crippen molar-refractivity contribution >= 4 is 34.1 Å². The van der Waals surface area contributed by atoms with Gasteiger partial charge in [0.25, 0.3) is 0 Å². The second kappa shape index (κ2) is 7.42. The molecular weight excluding hydrogens is 304 g/mol. The second-order valence-electron chi connectivity index (χ2n) is 4.72. The first-order valence-electron chi connectivity index (χ1n) is 6.64. The molecule has 0 bridgehead atoms. The Morgan fingerprint density at radius 2 is 2.05 bits per heavy atom. The molecule has 7 heteroatoms. The third-order valence-electron chi connectivity index (χ3n) is 3.02. The maximum Gasteiger partial charge on any atom is 0.233 e. The molecular formula is C14H18N4OS2. The van der Waals surface area contributed by atoms with Gasteiger partial charge >= 0.3 is 0 Å². The molecule has 0 aliphatic carbocycles. The van der Waals surface area contributed by atoms with Gasteiger partial charge in [-0.25, -0.2) is 0 Å². The van der Waals surface area contributed by atoms with E-state index in [1.807, 2.05) is 25.1 Å². The highest BCUT2D eigenvalue weighted by Gasteiger charge is 2.17. The number of nitrogens with zero attached hydrogens (tertiary/aromatic N) is 2. The maximum absolute atomic E-state index is 12.1. The third-order valence-corrected chi connectivity index (χ3v) is 4.96. The van der Waals surface area contributed by atoms with Gasteiger partial charge in [0.05, 0.1) is 5.25 Å². The van der Waals surface area contributed by atoms with E-state index in [1.165, 1.54) is 28.7 Å². The Kier molecular flexibility index (Phi) is 5.58. The lowest BCUT2D eigenvalue weighted by Gasteiger charge is -2.15. The van der Waals surface area contributed by atoms with Gasteiger partial charge in [0.1, 0.15) is 0 Å². The molecule has 0 spiro atoms. The van der Waals surface area contributed by atoms with Gasteiger partial charge in [-0.1, -0.05) is 60.4 Å². The van der Waals surface area contributed by atoms with Crippen LogP contribution in [0.25, 0.3) is 0 Å². The number of rotatable bonds is 6. The molecule has 1 aromatic heterocycles. The van der Waals surface area contributed by atoms with Gasteiger partial charge in [0.15, 0.2) is 4.34 Å². The van der Waals surface area contributed by atoms with E-state index < -0.39 is 0 Å². The fraction of sp³-hybridized carbons (Fsp3) is 0.357. The summed E-state index contributed by atoms with van der Waals surface area (Å²) in [6.45, 7) is 4.57. The predicted octanol–water partition coefficient (Wildman–Crippen LogP) is 2.52. The molecule has 0 aliphatic heterocycles. The number of benzene rings is 1. The Hall–Kier alpha value is -1.60. The first-order valence-corrected chi connectivity index (χ1v) is 8.34. The van der Waals surface area contributed by atoms with Gasteiger partial charge in [-0.15, -0.1) is 10.2 Å². The van der Waals surface area contributed by atoms with E-state index in [2.05, 4.69) is 34.6 Å². The average molecular weight is 322 g/mol. The van der Waals surface area contributed by atoms with E-state index >= 15 is 0 Å². The van der Waals surface area contributed by atoms with Crippen molar-refractivity contribution in [1.29, 1.82) is 0 Å². The number of aromatic nitrogens is 2. The third kappa shape index (κ3) is 4.71. The number of anilines is 1. The normalized spacial score (nSPS) is 13.6. The van der Waals surface area contributed by atoms with Crippen LogP contribution in [0.5, 0.6) is 0 Å². The summed E-state index contributed by atoms with van der Waals surface area (Å²) in [6, 6.07) is 10.1. The first kappa shape index (κ1) is 15.8. The molecule has 0 radical (unpaired) electrons. The van der Waals surface area contributed by atoms with E-state index in [4.69, 9.17) is 5.73 Å². The van der Waals surface area contributed by atoms with Crippen molar-refractivity contribution in [3.8, 4) is 0 Å². The van der Waals surface area contributed by atoms with Gasteiger partial charge in [-0.2, -0.15) is 0 Å². The molecule has 3 N–H and O–H groups in total. The van der Waals surface area contributed by atoms with Gasteiger partial charge < -0.3 is 11.1 Å². The molecule has 1 heterocycles. The number of hydrogen-bond donors (Lipinski definition) is 2. The highest BCUT2D eigenvalue weighted by molar-refractivity contribution is 8.02. The lowest BCUT2D eigenvalue weighted by Crippen LogP contribution is -2.33. The van der Waals surface area contributed by atoms with Crippen LogP contribution < -0.4 is 11.1 Å². The number of nitrogens with two attached hydrogens (primary N) is 1. The number of nitrogen functional groups attached to an aromatic ring is 1. The Morgan fingerprint density at radius 3 is 2.67 bits per heavy atom. The van der Waals surface area contributed by atoms with Crippen LogP contribution in [0.2, 0.25) is 0 Å². The summed E-state index contributed by atoms with van der Waals surface area (Å²) in [5, 5.41) is 10.8. The summed E-state index contributed by atoms with van der Waals surface area (Å²) in [4.78, 5) is 12.1. The summed E-state index contributed by atoms with van der Waals surface area (Å²) >= 11 is 2.67. The molecule has 2 rings (SSSR count). The van der Waals surface area contributed by atoms with Crippen molar-refractivity contribution in [3.05, 3.63) is 35.9 Å². The lowest BCUT2D eigenvalue weighted by molar-refractivity contribution is -0.120. The van der Waals surface area contributed by atoms with Gasteiger partial charge in [0.2, 0.25) is 11.0 Å². The van der Waals surface area contributed by atoms with Crippen LogP contribution in [0.4, 0.5) is 5.13 Å². The van der Waals surface area contributed by atoms with Crippen molar-refractivity contribution in [2.45, 2.75) is 29.4 Å². The van der Waals surface area contributed by atoms with Gasteiger partial charge in [-0.05, 0) is 18.4 Å². The molecule has 112 valence electrons. The lowest BCUT2D eigenvalue weighted by atomic mass is 10.0. The summed E-state index contributed by atoms with van der Waals surface area (Å²) in [5.41, 5.74) is 6.74. The molecule has 5 nitrogen and oxygen atoms in total. The summed E-state index contributed by atoms with van der Waals surface area (Å²) < 4.78 is 0.714. The van der Waals surface area contributed by atoms with Crippen molar-refractivity contribution in [3.63, 3.8) is 0 Å². The molecule has 1 aromatic carbocycles. The molecule has 0 saturated carbocycles. The summed E-state index contributed by atoms with van der Waals surface area (Å²) in [7, 11) is 0. The molecule has 0 unspecified atom stereocenters. The largest absolute Gasteiger partial charge is 0.374 e. The molecule has 2 atom stereocenters. The SMILES string of the molecule is C[C@H](Sc1nnc(N)s1)C(=O)NC[C@H](C)c1ccccc1. The Bertz CT molecular complexity index is 588. The highest BCUT2D eigenvalue weighted by atomic mass is 32.2. The van der Waals surface area contributed by atoms with Crippen LogP contribution in [0.15, 0.2) is 34.7 Å². The number of carbonyl (C=O) groups is 1. The topological polar surface area (TPSA) is 80.9 Å². The first-order chi connectivity index (χ1) is 10.1. The predicted molar refractivity (Wildman–Crippen MR) is 87.5 cm³/mol. The maximum atomic E-state index is 12.1. The van der Waals surface area contributed by atoms with E-state index in [1.54, 1.807) is 0 Å². The van der Waals surface area contributed by atoms with E-state index in [0.717, 1.165) is 0 Å². The van der Waals surface area contributed by atoms with Crippen LogP contribution in [0, 0.1) is 0 Å². The van der Waals surface area contributed by atoms with Gasteiger partial charge in [0, 0.05) is 6.54 Å². The summed E-state index contributed by atoms with van der Waals surface area (Å²) in [6.07, 6.45) is 0. The molecule has 0 fully saturated rings. The van der Waals surface area contributed by atoms with Crippen molar-refractivity contribution in [1.82, 2.24) is 15.5 Å². The van der Waals surface area contributed by atoms with E-state index in [0.29, 0.717) is 16.0 Å². The molecule has 21 heavy (non-hydrogen) atoms. The number of carbonyl (C=O) groups excluding carboxylic acids is 1. The van der Waals surface area contributed by atoms with Crippen LogP contribution in [-0.4, -0.2) is 27.9 Å². The van der Waals surface area contributed by atoms with Crippen molar-refractivity contribution in [2.75, 3.05) is 12.3 Å². The zero-order valence-corrected chi connectivity index (χ0v) is 13.6. The quantitative estimate of drug-likeness (QED) is 0.799. The van der Waals surface area contributed by atoms with Crippen LogP contribution >= 0.6 is 23.1 Å². The van der Waals surface area contributed by atoms with Crippen LogP contribution in [0.3, 0.4) is 0 Å². The zero-order valence-electron chi connectivity index (χ0n) is 11.9. The minimum atomic E-state index is -0.222. The van der Waals surface area contributed by atoms with Crippen LogP contribution in [0.1, 0.15) is 25.3 Å². The number of nitrogens with one attached hydrogen (secondary N) is 1. The smallest absolute Gasteiger partial charge is 0.233 e. The highest BCUT2D eigenvalue weighted by Crippen LogP contribution is 2.27. The molecule has 0 saturated heterocycles. The Morgan fingerprint density at radius 1 is 1.33 bits per heavy atom. The second-order valence-corrected chi connectivity index (χ2v) is 7.32. The van der Waals surface area contributed by atoms with E-state index in [-0.39, 0.29) is 17.1 Å². The molecule has 1 amide bonds. The Balaban J connectivity index is 1.81. The number of thioether (sulfide) groups is 1.